The predicted octanol–water partition coefficient (Wildman–Crippen LogP) is 3.80. The number of aromatic nitrogens is 3. The lowest BCUT2D eigenvalue weighted by Gasteiger charge is -2.08. The molecule has 0 bridgehead atoms. The second-order valence-electron chi connectivity index (χ2n) is 6.71. The summed E-state index contributed by atoms with van der Waals surface area (Å²) in [6.45, 7) is 10.8. The number of amides is 1. The van der Waals surface area contributed by atoms with Crippen LogP contribution in [-0.2, 0) is 6.54 Å². The van der Waals surface area contributed by atoms with Crippen molar-refractivity contribution in [1.29, 1.82) is 0 Å². The standard InChI is InChI=1S/C19H24N4O/c1-11(2)23-10-16(9-21-23)19(24)20-8-15-6-12(3)7-17-13(4)14(5)22-18(15)17/h6-7,9-11,22H,8H2,1-5H3,(H,20,24). The van der Waals surface area contributed by atoms with E-state index in [1.54, 1.807) is 17.1 Å². The Kier molecular flexibility index (Phi) is 4.18. The van der Waals surface area contributed by atoms with Gasteiger partial charge in [0.15, 0.2) is 0 Å². The number of hydrogen-bond donors (Lipinski definition) is 2. The Bertz CT molecular complexity index is 902. The normalized spacial score (nSPS) is 11.4. The van der Waals surface area contributed by atoms with Gasteiger partial charge in [-0.15, -0.1) is 0 Å². The molecule has 0 atom stereocenters. The van der Waals surface area contributed by atoms with Crippen LogP contribution in [0.5, 0.6) is 0 Å². The molecule has 0 aliphatic heterocycles. The summed E-state index contributed by atoms with van der Waals surface area (Å²) in [5.41, 5.74) is 6.42. The van der Waals surface area contributed by atoms with E-state index in [-0.39, 0.29) is 11.9 Å². The molecule has 3 rings (SSSR count). The summed E-state index contributed by atoms with van der Waals surface area (Å²) < 4.78 is 1.79. The molecule has 0 unspecified atom stereocenters. The monoisotopic (exact) mass is 324 g/mol. The maximum atomic E-state index is 12.4. The van der Waals surface area contributed by atoms with Gasteiger partial charge in [0.1, 0.15) is 0 Å². The quantitative estimate of drug-likeness (QED) is 0.767. The van der Waals surface area contributed by atoms with Crippen LogP contribution in [0.4, 0.5) is 0 Å². The van der Waals surface area contributed by atoms with Crippen molar-refractivity contribution in [3.63, 3.8) is 0 Å². The van der Waals surface area contributed by atoms with E-state index >= 15 is 0 Å². The number of aryl methyl sites for hydroxylation is 3. The number of rotatable bonds is 4. The molecule has 0 saturated carbocycles. The molecule has 2 heterocycles. The molecule has 126 valence electrons. The first kappa shape index (κ1) is 16.3. The Balaban J connectivity index is 1.82. The highest BCUT2D eigenvalue weighted by Gasteiger charge is 2.13. The van der Waals surface area contributed by atoms with Gasteiger partial charge in [-0.1, -0.05) is 11.6 Å². The van der Waals surface area contributed by atoms with Gasteiger partial charge in [0, 0.05) is 29.9 Å². The van der Waals surface area contributed by atoms with E-state index in [9.17, 15) is 4.79 Å². The van der Waals surface area contributed by atoms with Crippen LogP contribution in [0.25, 0.3) is 10.9 Å². The Hall–Kier alpha value is -2.56. The van der Waals surface area contributed by atoms with E-state index in [2.05, 4.69) is 48.3 Å². The van der Waals surface area contributed by atoms with Crippen molar-refractivity contribution in [3.8, 4) is 0 Å². The minimum Gasteiger partial charge on any atom is -0.358 e. The van der Waals surface area contributed by atoms with Crippen LogP contribution in [0.1, 0.15) is 52.6 Å². The first-order valence-electron chi connectivity index (χ1n) is 8.27. The molecule has 5 nitrogen and oxygen atoms in total. The van der Waals surface area contributed by atoms with Crippen LogP contribution in [0.2, 0.25) is 0 Å². The molecule has 0 aliphatic carbocycles. The summed E-state index contributed by atoms with van der Waals surface area (Å²) in [5.74, 6) is -0.100. The van der Waals surface area contributed by atoms with Crippen molar-refractivity contribution < 1.29 is 4.79 Å². The molecular formula is C19H24N4O. The molecule has 0 radical (unpaired) electrons. The maximum Gasteiger partial charge on any atom is 0.254 e. The maximum absolute atomic E-state index is 12.4. The number of carbonyl (C=O) groups excluding carboxylic acids is 1. The topological polar surface area (TPSA) is 62.7 Å². The summed E-state index contributed by atoms with van der Waals surface area (Å²) in [6, 6.07) is 4.55. The summed E-state index contributed by atoms with van der Waals surface area (Å²) >= 11 is 0. The van der Waals surface area contributed by atoms with Crippen LogP contribution >= 0.6 is 0 Å². The van der Waals surface area contributed by atoms with Crippen molar-refractivity contribution in [2.45, 2.75) is 47.2 Å². The zero-order valence-corrected chi connectivity index (χ0v) is 14.9. The lowest BCUT2D eigenvalue weighted by molar-refractivity contribution is 0.0951. The number of fused-ring (bicyclic) bond motifs is 1. The van der Waals surface area contributed by atoms with Crippen LogP contribution in [0.3, 0.4) is 0 Å². The van der Waals surface area contributed by atoms with Gasteiger partial charge in [0.2, 0.25) is 0 Å². The summed E-state index contributed by atoms with van der Waals surface area (Å²) in [4.78, 5) is 15.8. The van der Waals surface area contributed by atoms with Gasteiger partial charge in [-0.2, -0.15) is 5.10 Å². The van der Waals surface area contributed by atoms with Crippen LogP contribution in [-0.4, -0.2) is 20.7 Å². The molecule has 24 heavy (non-hydrogen) atoms. The fraction of sp³-hybridized carbons (Fsp3) is 0.368. The third kappa shape index (κ3) is 2.94. The Morgan fingerprint density at radius 2 is 2.04 bits per heavy atom. The highest BCUT2D eigenvalue weighted by Crippen LogP contribution is 2.26. The van der Waals surface area contributed by atoms with E-state index in [1.165, 1.54) is 22.2 Å². The summed E-state index contributed by atoms with van der Waals surface area (Å²) in [7, 11) is 0. The molecule has 1 aromatic carbocycles. The lowest BCUT2D eigenvalue weighted by atomic mass is 10.0. The van der Waals surface area contributed by atoms with Crippen molar-refractivity contribution in [2.75, 3.05) is 0 Å². The molecule has 5 heteroatoms. The highest BCUT2D eigenvalue weighted by molar-refractivity contribution is 5.94. The molecule has 0 saturated heterocycles. The average molecular weight is 324 g/mol. The minimum atomic E-state index is -0.100. The second kappa shape index (κ2) is 6.15. The van der Waals surface area contributed by atoms with Gasteiger partial charge in [-0.3, -0.25) is 9.48 Å². The van der Waals surface area contributed by atoms with E-state index in [0.29, 0.717) is 12.1 Å². The molecule has 2 N–H and O–H groups in total. The number of nitrogens with one attached hydrogen (secondary N) is 2. The van der Waals surface area contributed by atoms with Gasteiger partial charge in [0.05, 0.1) is 17.3 Å². The largest absolute Gasteiger partial charge is 0.358 e. The van der Waals surface area contributed by atoms with Crippen molar-refractivity contribution in [3.05, 3.63) is 52.5 Å². The van der Waals surface area contributed by atoms with Gasteiger partial charge in [-0.05, 0) is 51.8 Å². The van der Waals surface area contributed by atoms with E-state index in [1.807, 2.05) is 13.8 Å². The SMILES string of the molecule is Cc1cc(CNC(=O)c2cnn(C(C)C)c2)c2[nH]c(C)c(C)c2c1. The predicted molar refractivity (Wildman–Crippen MR) is 96.3 cm³/mol. The van der Waals surface area contributed by atoms with Crippen LogP contribution in [0, 0.1) is 20.8 Å². The number of nitrogens with zero attached hydrogens (tertiary/aromatic N) is 2. The Labute approximate surface area is 142 Å². The van der Waals surface area contributed by atoms with Crippen LogP contribution in [0.15, 0.2) is 24.5 Å². The molecule has 2 aromatic heterocycles. The second-order valence-corrected chi connectivity index (χ2v) is 6.71. The number of H-pyrrole nitrogens is 1. The minimum absolute atomic E-state index is 0.100. The lowest BCUT2D eigenvalue weighted by Crippen LogP contribution is -2.22. The van der Waals surface area contributed by atoms with E-state index in [4.69, 9.17) is 0 Å². The Morgan fingerprint density at radius 1 is 1.29 bits per heavy atom. The molecule has 0 fully saturated rings. The zero-order valence-electron chi connectivity index (χ0n) is 14.9. The average Bonchev–Trinajstić information content (AvgIpc) is 3.12. The third-order valence-electron chi connectivity index (χ3n) is 4.48. The molecule has 0 aliphatic rings. The van der Waals surface area contributed by atoms with E-state index < -0.39 is 0 Å². The number of hydrogen-bond acceptors (Lipinski definition) is 2. The van der Waals surface area contributed by atoms with Crippen molar-refractivity contribution in [1.82, 2.24) is 20.1 Å². The fourth-order valence-electron chi connectivity index (χ4n) is 2.94. The molecule has 3 aromatic rings. The fourth-order valence-corrected chi connectivity index (χ4v) is 2.94. The Morgan fingerprint density at radius 3 is 2.71 bits per heavy atom. The van der Waals surface area contributed by atoms with Gasteiger partial charge in [-0.25, -0.2) is 0 Å². The summed E-state index contributed by atoms with van der Waals surface area (Å²) in [5, 5.41) is 8.45. The molecular weight excluding hydrogens is 300 g/mol. The van der Waals surface area contributed by atoms with Crippen molar-refractivity contribution in [2.24, 2.45) is 0 Å². The zero-order chi connectivity index (χ0) is 17.4. The number of carbonyl (C=O) groups is 1. The molecule has 0 spiro atoms. The highest BCUT2D eigenvalue weighted by atomic mass is 16.1. The number of aromatic amines is 1. The van der Waals surface area contributed by atoms with Gasteiger partial charge >= 0.3 is 0 Å². The van der Waals surface area contributed by atoms with Crippen molar-refractivity contribution >= 4 is 16.8 Å². The van der Waals surface area contributed by atoms with Gasteiger partial charge < -0.3 is 10.3 Å². The smallest absolute Gasteiger partial charge is 0.254 e. The van der Waals surface area contributed by atoms with E-state index in [0.717, 1.165) is 11.1 Å². The molecule has 1 amide bonds. The number of benzene rings is 1. The van der Waals surface area contributed by atoms with Gasteiger partial charge in [0.25, 0.3) is 5.91 Å². The first-order chi connectivity index (χ1) is 11.4. The third-order valence-corrected chi connectivity index (χ3v) is 4.48. The van der Waals surface area contributed by atoms with Crippen LogP contribution < -0.4 is 5.32 Å². The summed E-state index contributed by atoms with van der Waals surface area (Å²) in [6.07, 6.45) is 3.40. The first-order valence-corrected chi connectivity index (χ1v) is 8.27.